The highest BCUT2D eigenvalue weighted by atomic mass is 15.0. The van der Waals surface area contributed by atoms with Gasteiger partial charge >= 0.3 is 0 Å². The molecule has 0 bridgehead atoms. The summed E-state index contributed by atoms with van der Waals surface area (Å²) in [5, 5.41) is 5.36. The molecule has 0 fully saturated rings. The van der Waals surface area contributed by atoms with Crippen LogP contribution in [0.25, 0.3) is 22.0 Å². The monoisotopic (exact) mass is 279 g/mol. The van der Waals surface area contributed by atoms with Crippen molar-refractivity contribution in [1.29, 1.82) is 0 Å². The van der Waals surface area contributed by atoms with Crippen molar-refractivity contribution in [2.24, 2.45) is 0 Å². The maximum Gasteiger partial charge on any atom is 0.145 e. The molecule has 21 heavy (non-hydrogen) atoms. The summed E-state index contributed by atoms with van der Waals surface area (Å²) in [4.78, 5) is 12.9. The highest BCUT2D eigenvalue weighted by molar-refractivity contribution is 5.87. The fourth-order valence-corrected chi connectivity index (χ4v) is 2.19. The minimum Gasteiger partial charge on any atom is -0.384 e. The van der Waals surface area contributed by atoms with Crippen LogP contribution in [0, 0.1) is 0 Å². The van der Waals surface area contributed by atoms with Crippen LogP contribution in [0.15, 0.2) is 42.9 Å². The van der Waals surface area contributed by atoms with Crippen LogP contribution in [0.2, 0.25) is 0 Å². The summed E-state index contributed by atoms with van der Waals surface area (Å²) >= 11 is 0. The number of hydrogen-bond donors (Lipinski definition) is 2. The number of aromatic nitrogens is 3. The molecule has 0 unspecified atom stereocenters. The Morgan fingerprint density at radius 3 is 2.71 bits per heavy atom. The molecule has 0 saturated heterocycles. The minimum atomic E-state index is 0.317. The summed E-state index contributed by atoms with van der Waals surface area (Å²) in [6.07, 6.45) is 5.26. The Balaban J connectivity index is 2.03. The van der Waals surface area contributed by atoms with Crippen LogP contribution in [-0.2, 0) is 0 Å². The van der Waals surface area contributed by atoms with Gasteiger partial charge in [-0.05, 0) is 31.4 Å². The van der Waals surface area contributed by atoms with Crippen molar-refractivity contribution in [2.45, 2.75) is 19.9 Å². The Bertz CT molecular complexity index is 782. The maximum absolute atomic E-state index is 5.74. The molecule has 0 atom stereocenters. The van der Waals surface area contributed by atoms with Gasteiger partial charge in [-0.15, -0.1) is 0 Å². The molecule has 0 aliphatic heterocycles. The molecule has 3 aromatic rings. The van der Waals surface area contributed by atoms with Crippen LogP contribution in [0.3, 0.4) is 0 Å². The summed E-state index contributed by atoms with van der Waals surface area (Å²) in [6.45, 7) is 4.14. The van der Waals surface area contributed by atoms with Gasteiger partial charge in [-0.2, -0.15) is 0 Å². The third kappa shape index (κ3) is 2.91. The van der Waals surface area contributed by atoms with Gasteiger partial charge in [0.2, 0.25) is 0 Å². The molecule has 5 nitrogen and oxygen atoms in total. The first-order valence-corrected chi connectivity index (χ1v) is 6.86. The molecule has 2 heterocycles. The molecule has 3 rings (SSSR count). The lowest BCUT2D eigenvalue weighted by Gasteiger charge is -2.10. The number of nitrogens with two attached hydrogens (primary N) is 1. The normalized spacial score (nSPS) is 11.0. The SMILES string of the molecule is CC(C)Nc1cncc(-c2ccc3cnc(N)cc3c2)n1. The lowest BCUT2D eigenvalue weighted by molar-refractivity contribution is 0.886. The third-order valence-electron chi connectivity index (χ3n) is 3.11. The van der Waals surface area contributed by atoms with E-state index in [4.69, 9.17) is 5.73 Å². The second kappa shape index (κ2) is 5.36. The van der Waals surface area contributed by atoms with Crippen molar-refractivity contribution in [2.75, 3.05) is 11.1 Å². The van der Waals surface area contributed by atoms with Gasteiger partial charge < -0.3 is 11.1 Å². The predicted molar refractivity (Wildman–Crippen MR) is 85.9 cm³/mol. The first-order chi connectivity index (χ1) is 10.1. The van der Waals surface area contributed by atoms with Gasteiger partial charge in [-0.3, -0.25) is 4.98 Å². The number of nitrogens with zero attached hydrogens (tertiary/aromatic N) is 3. The van der Waals surface area contributed by atoms with Gasteiger partial charge in [0.15, 0.2) is 0 Å². The van der Waals surface area contributed by atoms with Gasteiger partial charge in [0, 0.05) is 23.2 Å². The van der Waals surface area contributed by atoms with Crippen molar-refractivity contribution in [3.63, 3.8) is 0 Å². The molecule has 0 aliphatic carbocycles. The molecule has 0 spiro atoms. The topological polar surface area (TPSA) is 76.7 Å². The Kier molecular flexibility index (Phi) is 3.39. The van der Waals surface area contributed by atoms with E-state index >= 15 is 0 Å². The van der Waals surface area contributed by atoms with Crippen molar-refractivity contribution in [3.05, 3.63) is 42.9 Å². The van der Waals surface area contributed by atoms with Crippen LogP contribution in [0.4, 0.5) is 11.6 Å². The Labute approximate surface area is 123 Å². The molecule has 1 aromatic carbocycles. The van der Waals surface area contributed by atoms with E-state index in [1.165, 1.54) is 0 Å². The number of rotatable bonds is 3. The first-order valence-electron chi connectivity index (χ1n) is 6.86. The number of fused-ring (bicyclic) bond motifs is 1. The molecule has 3 N–H and O–H groups in total. The van der Waals surface area contributed by atoms with Crippen LogP contribution in [-0.4, -0.2) is 21.0 Å². The Hall–Kier alpha value is -2.69. The quantitative estimate of drug-likeness (QED) is 0.770. The largest absolute Gasteiger partial charge is 0.384 e. The smallest absolute Gasteiger partial charge is 0.145 e. The Morgan fingerprint density at radius 1 is 1.05 bits per heavy atom. The fraction of sp³-hybridized carbons (Fsp3) is 0.188. The molecular weight excluding hydrogens is 262 g/mol. The highest BCUT2D eigenvalue weighted by Crippen LogP contribution is 2.24. The number of anilines is 2. The van der Waals surface area contributed by atoms with Crippen molar-refractivity contribution >= 4 is 22.4 Å². The van der Waals surface area contributed by atoms with Gasteiger partial charge in [-0.25, -0.2) is 9.97 Å². The Morgan fingerprint density at radius 2 is 1.90 bits per heavy atom. The summed E-state index contributed by atoms with van der Waals surface area (Å²) in [7, 11) is 0. The maximum atomic E-state index is 5.74. The summed E-state index contributed by atoms with van der Waals surface area (Å²) < 4.78 is 0. The van der Waals surface area contributed by atoms with E-state index in [1.807, 2.05) is 18.2 Å². The molecule has 106 valence electrons. The molecule has 0 aliphatic rings. The number of nitrogen functional groups attached to an aromatic ring is 1. The molecule has 0 radical (unpaired) electrons. The fourth-order valence-electron chi connectivity index (χ4n) is 2.19. The van der Waals surface area contributed by atoms with E-state index in [2.05, 4.69) is 40.2 Å². The van der Waals surface area contributed by atoms with Crippen LogP contribution in [0.5, 0.6) is 0 Å². The van der Waals surface area contributed by atoms with E-state index in [9.17, 15) is 0 Å². The van der Waals surface area contributed by atoms with Gasteiger partial charge in [0.1, 0.15) is 11.6 Å². The van der Waals surface area contributed by atoms with E-state index in [1.54, 1.807) is 18.6 Å². The second-order valence-electron chi connectivity index (χ2n) is 5.26. The van der Waals surface area contributed by atoms with Crippen LogP contribution < -0.4 is 11.1 Å². The molecule has 5 heteroatoms. The average Bonchev–Trinajstić information content (AvgIpc) is 2.46. The summed E-state index contributed by atoms with van der Waals surface area (Å²) in [5.74, 6) is 1.29. The van der Waals surface area contributed by atoms with E-state index in [0.717, 1.165) is 27.8 Å². The minimum absolute atomic E-state index is 0.317. The lowest BCUT2D eigenvalue weighted by atomic mass is 10.1. The van der Waals surface area contributed by atoms with Crippen LogP contribution >= 0.6 is 0 Å². The second-order valence-corrected chi connectivity index (χ2v) is 5.26. The zero-order chi connectivity index (χ0) is 14.8. The van der Waals surface area contributed by atoms with Gasteiger partial charge in [0.25, 0.3) is 0 Å². The summed E-state index contributed by atoms with van der Waals surface area (Å²) in [5.41, 5.74) is 7.58. The highest BCUT2D eigenvalue weighted by Gasteiger charge is 2.05. The number of benzene rings is 1. The average molecular weight is 279 g/mol. The number of nitrogens with one attached hydrogen (secondary N) is 1. The molecule has 0 saturated carbocycles. The molecule has 2 aromatic heterocycles. The molecule has 0 amide bonds. The van der Waals surface area contributed by atoms with Gasteiger partial charge in [0.05, 0.1) is 18.1 Å². The third-order valence-corrected chi connectivity index (χ3v) is 3.11. The van der Waals surface area contributed by atoms with E-state index < -0.39 is 0 Å². The van der Waals surface area contributed by atoms with Crippen molar-refractivity contribution in [3.8, 4) is 11.3 Å². The van der Waals surface area contributed by atoms with Crippen LogP contribution in [0.1, 0.15) is 13.8 Å². The van der Waals surface area contributed by atoms with Crippen molar-refractivity contribution < 1.29 is 0 Å². The summed E-state index contributed by atoms with van der Waals surface area (Å²) in [6, 6.07) is 8.26. The zero-order valence-corrected chi connectivity index (χ0v) is 12.0. The van der Waals surface area contributed by atoms with Crippen molar-refractivity contribution in [1.82, 2.24) is 15.0 Å². The van der Waals surface area contributed by atoms with E-state index in [0.29, 0.717) is 11.9 Å². The predicted octanol–water partition coefficient (Wildman–Crippen LogP) is 3.09. The van der Waals surface area contributed by atoms with Gasteiger partial charge in [-0.1, -0.05) is 12.1 Å². The zero-order valence-electron chi connectivity index (χ0n) is 12.0. The standard InChI is InChI=1S/C16H17N5/c1-10(2)20-16-9-18-8-14(21-16)11-3-4-12-7-19-15(17)6-13(12)5-11/h3-10H,1-2H3,(H2,17,19)(H,20,21). The first kappa shape index (κ1) is 13.3. The molecular formula is C16H17N5. The lowest BCUT2D eigenvalue weighted by Crippen LogP contribution is -2.11. The number of hydrogen-bond acceptors (Lipinski definition) is 5. The number of pyridine rings is 1. The van der Waals surface area contributed by atoms with E-state index in [-0.39, 0.29) is 0 Å².